The molecule has 0 N–H and O–H groups in total. The molecule has 0 spiro atoms. The van der Waals surface area contributed by atoms with Crippen molar-refractivity contribution in [3.8, 4) is 5.75 Å². The first kappa shape index (κ1) is 19.4. The molecule has 0 atom stereocenters. The predicted octanol–water partition coefficient (Wildman–Crippen LogP) is 3.83. The van der Waals surface area contributed by atoms with Crippen molar-refractivity contribution in [2.24, 2.45) is 0 Å². The third-order valence-electron chi connectivity index (χ3n) is 2.79. The van der Waals surface area contributed by atoms with Crippen molar-refractivity contribution >= 4 is 37.5 Å². The molecular weight excluding hydrogens is 400 g/mol. The zero-order valence-electron chi connectivity index (χ0n) is 12.0. The first-order chi connectivity index (χ1) is 11.2. The molecule has 2 rings (SSSR count). The number of thiophene rings is 1. The van der Waals surface area contributed by atoms with Crippen LogP contribution in [0.25, 0.3) is 10.2 Å². The minimum atomic E-state index is -6.12. The summed E-state index contributed by atoms with van der Waals surface area (Å²) in [6, 6.07) is 0.800. The van der Waals surface area contributed by atoms with Gasteiger partial charge in [-0.3, -0.25) is 4.79 Å². The first-order valence-corrected chi connectivity index (χ1v) is 8.43. The summed E-state index contributed by atoms with van der Waals surface area (Å²) >= 11 is 0.494. The fourth-order valence-electron chi connectivity index (χ4n) is 1.80. The van der Waals surface area contributed by atoms with E-state index in [2.05, 4.69) is 9.17 Å². The van der Waals surface area contributed by atoms with E-state index in [9.17, 15) is 39.6 Å². The van der Waals surface area contributed by atoms with Gasteiger partial charge in [-0.2, -0.15) is 34.8 Å². The van der Waals surface area contributed by atoms with Crippen molar-refractivity contribution in [3.05, 3.63) is 22.7 Å². The van der Waals surface area contributed by atoms with Gasteiger partial charge in [-0.05, 0) is 13.0 Å². The fraction of sp³-hybridized carbons (Fsp3) is 0.333. The Kier molecular flexibility index (Phi) is 4.76. The van der Waals surface area contributed by atoms with Gasteiger partial charge in [0.1, 0.15) is 4.83 Å². The number of pyridine rings is 1. The first-order valence-electron chi connectivity index (χ1n) is 6.21. The second kappa shape index (κ2) is 6.12. The van der Waals surface area contributed by atoms with E-state index in [0.29, 0.717) is 11.3 Å². The van der Waals surface area contributed by atoms with Crippen LogP contribution in [0, 0.1) is 0 Å². The number of hydrogen-bond donors (Lipinski definition) is 0. The van der Waals surface area contributed by atoms with Crippen molar-refractivity contribution < 1.29 is 43.7 Å². The summed E-state index contributed by atoms with van der Waals surface area (Å²) in [6.07, 6.45) is -5.24. The number of hydrogen-bond acceptors (Lipinski definition) is 6. The summed E-state index contributed by atoms with van der Waals surface area (Å²) in [7, 11) is -6.12. The Bertz CT molecular complexity index is 929. The third-order valence-corrected chi connectivity index (χ3v) is 4.79. The second-order valence-electron chi connectivity index (χ2n) is 4.76. The molecule has 0 aliphatic heterocycles. The van der Waals surface area contributed by atoms with Crippen LogP contribution in [0.4, 0.5) is 26.3 Å². The lowest BCUT2D eigenvalue weighted by molar-refractivity contribution is -0.126. The molecule has 0 bridgehead atoms. The van der Waals surface area contributed by atoms with Crippen LogP contribution in [0.2, 0.25) is 0 Å². The summed E-state index contributed by atoms with van der Waals surface area (Å²) in [5.41, 5.74) is -6.38. The minimum absolute atomic E-state index is 0.198. The maximum atomic E-state index is 12.5. The van der Waals surface area contributed by atoms with Crippen LogP contribution >= 0.6 is 11.3 Å². The summed E-state index contributed by atoms with van der Waals surface area (Å²) in [5.74, 6) is -1.87. The average molecular weight is 407 g/mol. The minimum Gasteiger partial charge on any atom is -0.374 e. The van der Waals surface area contributed by atoms with Gasteiger partial charge in [0.05, 0.1) is 17.4 Å². The van der Waals surface area contributed by atoms with Gasteiger partial charge in [0.15, 0.2) is 11.5 Å². The average Bonchev–Trinajstić information content (AvgIpc) is 2.77. The summed E-state index contributed by atoms with van der Waals surface area (Å²) in [6.45, 7) is 0.916. The monoisotopic (exact) mass is 407 g/mol. The number of carbonyl (C=O) groups excluding carboxylic acids is 1. The van der Waals surface area contributed by atoms with Crippen LogP contribution in [0.15, 0.2) is 12.3 Å². The molecule has 5 nitrogen and oxygen atoms in total. The highest BCUT2D eigenvalue weighted by atomic mass is 32.2. The molecule has 0 saturated heterocycles. The SMILES string of the molecule is CC(=O)c1cnc2sc(CC(F)(F)F)cc2c1OS(=O)(=O)C(F)(F)F. The highest BCUT2D eigenvalue weighted by Crippen LogP contribution is 2.39. The number of nitrogens with zero attached hydrogens (tertiary/aromatic N) is 1. The molecule has 2 heterocycles. The molecule has 25 heavy (non-hydrogen) atoms. The number of alkyl halides is 6. The molecule has 0 radical (unpaired) electrons. The standard InChI is InChI=1S/C12H7F6NO4S2/c1-5(20)8-4-19-10-7(2-6(24-10)3-11(13,14)15)9(8)23-25(21,22)12(16,17)18/h2,4H,3H2,1H3. The van der Waals surface area contributed by atoms with E-state index in [-0.39, 0.29) is 9.71 Å². The summed E-state index contributed by atoms with van der Waals surface area (Å²) in [5, 5.41) is -0.426. The number of ketones is 1. The van der Waals surface area contributed by atoms with E-state index in [4.69, 9.17) is 0 Å². The van der Waals surface area contributed by atoms with Crippen LogP contribution in [-0.4, -0.2) is 30.9 Å². The van der Waals surface area contributed by atoms with Crippen LogP contribution < -0.4 is 4.18 Å². The highest BCUT2D eigenvalue weighted by Gasteiger charge is 2.49. The maximum Gasteiger partial charge on any atom is 0.534 e. The van der Waals surface area contributed by atoms with E-state index in [1.165, 1.54) is 0 Å². The zero-order chi connectivity index (χ0) is 19.2. The van der Waals surface area contributed by atoms with Crippen molar-refractivity contribution in [2.45, 2.75) is 25.0 Å². The lowest BCUT2D eigenvalue weighted by atomic mass is 10.1. The van der Waals surface area contributed by atoms with Gasteiger partial charge in [-0.25, -0.2) is 4.98 Å². The molecule has 0 amide bonds. The van der Waals surface area contributed by atoms with E-state index < -0.39 is 50.7 Å². The Morgan fingerprint density at radius 1 is 1.24 bits per heavy atom. The largest absolute Gasteiger partial charge is 0.534 e. The Balaban J connectivity index is 2.66. The van der Waals surface area contributed by atoms with Crippen LogP contribution in [0.3, 0.4) is 0 Å². The smallest absolute Gasteiger partial charge is 0.374 e. The van der Waals surface area contributed by atoms with Gasteiger partial charge in [0, 0.05) is 11.1 Å². The van der Waals surface area contributed by atoms with E-state index in [0.717, 1.165) is 19.2 Å². The van der Waals surface area contributed by atoms with Crippen molar-refractivity contribution in [3.63, 3.8) is 0 Å². The van der Waals surface area contributed by atoms with Crippen molar-refractivity contribution in [2.75, 3.05) is 0 Å². The van der Waals surface area contributed by atoms with Crippen LogP contribution in [0.5, 0.6) is 5.75 Å². The molecule has 2 aromatic heterocycles. The topological polar surface area (TPSA) is 73.3 Å². The Morgan fingerprint density at radius 2 is 1.84 bits per heavy atom. The molecule has 0 aliphatic carbocycles. The molecule has 13 heteroatoms. The number of aromatic nitrogens is 1. The van der Waals surface area contributed by atoms with E-state index in [1.54, 1.807) is 0 Å². The number of fused-ring (bicyclic) bond motifs is 1. The zero-order valence-corrected chi connectivity index (χ0v) is 13.7. The lowest BCUT2D eigenvalue weighted by Gasteiger charge is -2.12. The maximum absolute atomic E-state index is 12.5. The van der Waals surface area contributed by atoms with Gasteiger partial charge in [0.25, 0.3) is 0 Å². The van der Waals surface area contributed by atoms with Gasteiger partial charge >= 0.3 is 21.8 Å². The van der Waals surface area contributed by atoms with Crippen LogP contribution in [0.1, 0.15) is 22.2 Å². The predicted molar refractivity (Wildman–Crippen MR) is 75.0 cm³/mol. The number of halogens is 6. The molecule has 2 aromatic rings. The van der Waals surface area contributed by atoms with Gasteiger partial charge in [-0.15, -0.1) is 11.3 Å². The Labute approximate surface area is 140 Å². The quantitative estimate of drug-likeness (QED) is 0.333. The van der Waals surface area contributed by atoms with Crippen LogP contribution in [-0.2, 0) is 16.5 Å². The molecule has 138 valence electrons. The van der Waals surface area contributed by atoms with Gasteiger partial charge in [-0.1, -0.05) is 0 Å². The highest BCUT2D eigenvalue weighted by molar-refractivity contribution is 7.88. The fourth-order valence-corrected chi connectivity index (χ4v) is 3.32. The Morgan fingerprint density at radius 3 is 2.32 bits per heavy atom. The number of Topliss-reactive ketones (excluding diaryl/α,β-unsaturated/α-hetero) is 1. The summed E-state index contributed by atoms with van der Waals surface area (Å²) in [4.78, 5) is 14.7. The number of rotatable bonds is 4. The number of carbonyl (C=O) groups is 1. The Hall–Kier alpha value is -1.89. The van der Waals surface area contributed by atoms with Crippen molar-refractivity contribution in [1.29, 1.82) is 0 Å². The molecule has 0 saturated carbocycles. The van der Waals surface area contributed by atoms with Crippen molar-refractivity contribution in [1.82, 2.24) is 4.98 Å². The lowest BCUT2D eigenvalue weighted by Crippen LogP contribution is -2.28. The molecule has 0 aliphatic rings. The third kappa shape index (κ3) is 4.21. The molecular formula is C12H7F6NO4S2. The van der Waals surface area contributed by atoms with Gasteiger partial charge in [0.2, 0.25) is 0 Å². The van der Waals surface area contributed by atoms with E-state index >= 15 is 0 Å². The normalized spacial score (nSPS) is 13.2. The second-order valence-corrected chi connectivity index (χ2v) is 7.42. The molecule has 0 aromatic carbocycles. The van der Waals surface area contributed by atoms with E-state index in [1.807, 2.05) is 0 Å². The molecule has 0 unspecified atom stereocenters. The van der Waals surface area contributed by atoms with Gasteiger partial charge < -0.3 is 4.18 Å². The molecule has 0 fully saturated rings. The summed E-state index contributed by atoms with van der Waals surface area (Å²) < 4.78 is 101.